The van der Waals surface area contributed by atoms with E-state index >= 15 is 0 Å². The molecule has 0 atom stereocenters. The van der Waals surface area contributed by atoms with Gasteiger partial charge >= 0.3 is 0 Å². The van der Waals surface area contributed by atoms with E-state index < -0.39 is 0 Å². The van der Waals surface area contributed by atoms with Crippen LogP contribution in [0.15, 0.2) is 36.5 Å². The van der Waals surface area contributed by atoms with Gasteiger partial charge in [0.25, 0.3) is 0 Å². The van der Waals surface area contributed by atoms with Crippen LogP contribution in [-0.2, 0) is 18.3 Å². The number of aromatic nitrogens is 2. The fourth-order valence-electron chi connectivity index (χ4n) is 1.52. The lowest BCUT2D eigenvalue weighted by Crippen LogP contribution is -2.16. The van der Waals surface area contributed by atoms with Crippen molar-refractivity contribution in [3.8, 4) is 5.75 Å². The van der Waals surface area contributed by atoms with Crippen LogP contribution in [0.2, 0.25) is 0 Å². The average Bonchev–Trinajstić information content (AvgIpc) is 2.68. The Morgan fingerprint density at radius 1 is 1.41 bits per heavy atom. The molecule has 2 aromatic rings. The molecule has 2 N–H and O–H groups in total. The van der Waals surface area contributed by atoms with Crippen LogP contribution >= 0.6 is 0 Å². The summed E-state index contributed by atoms with van der Waals surface area (Å²) in [5, 5.41) is 16.2. The zero-order chi connectivity index (χ0) is 12.3. The van der Waals surface area contributed by atoms with Crippen LogP contribution in [-0.4, -0.2) is 20.8 Å². The Balaban J connectivity index is 2.03. The summed E-state index contributed by atoms with van der Waals surface area (Å²) in [6, 6.07) is 8.50. The minimum absolute atomic E-state index is 0.132. The lowest BCUT2D eigenvalue weighted by molar-refractivity contribution is -0.115. The number of benzene rings is 1. The summed E-state index contributed by atoms with van der Waals surface area (Å²) in [5.41, 5.74) is 0.604. The topological polar surface area (TPSA) is 67.2 Å². The van der Waals surface area contributed by atoms with Gasteiger partial charge < -0.3 is 10.4 Å². The molecule has 2 rings (SSSR count). The molecule has 0 unspecified atom stereocenters. The summed E-state index contributed by atoms with van der Waals surface area (Å²) in [7, 11) is 1.75. The van der Waals surface area contributed by atoms with Gasteiger partial charge in [0.05, 0.1) is 12.6 Å². The van der Waals surface area contributed by atoms with E-state index in [-0.39, 0.29) is 18.1 Å². The van der Waals surface area contributed by atoms with E-state index in [9.17, 15) is 9.90 Å². The molecule has 0 aliphatic carbocycles. The second kappa shape index (κ2) is 4.69. The molecule has 0 radical (unpaired) electrons. The van der Waals surface area contributed by atoms with Gasteiger partial charge in [-0.25, -0.2) is 0 Å². The second-order valence-electron chi connectivity index (χ2n) is 3.69. The summed E-state index contributed by atoms with van der Waals surface area (Å²) in [4.78, 5) is 11.7. The SMILES string of the molecule is Cn1nccc1NC(=O)Cc1ccccc1O. The molecule has 1 amide bonds. The number of phenolic OH excluding ortho intramolecular Hbond substituents is 1. The van der Waals surface area contributed by atoms with Gasteiger partial charge in [-0.05, 0) is 6.07 Å². The van der Waals surface area contributed by atoms with E-state index in [1.807, 2.05) is 0 Å². The normalized spacial score (nSPS) is 10.2. The number of phenols is 1. The number of hydrogen-bond donors (Lipinski definition) is 2. The molecule has 0 saturated carbocycles. The molecule has 88 valence electrons. The summed E-state index contributed by atoms with van der Waals surface area (Å²) in [5.74, 6) is 0.577. The molecule has 5 heteroatoms. The van der Waals surface area contributed by atoms with E-state index in [1.165, 1.54) is 0 Å². The van der Waals surface area contributed by atoms with E-state index in [0.717, 1.165) is 0 Å². The van der Waals surface area contributed by atoms with Crippen molar-refractivity contribution in [3.05, 3.63) is 42.1 Å². The minimum Gasteiger partial charge on any atom is -0.508 e. The quantitative estimate of drug-likeness (QED) is 0.836. The van der Waals surface area contributed by atoms with Crippen LogP contribution < -0.4 is 5.32 Å². The van der Waals surface area contributed by atoms with Crippen molar-refractivity contribution in [1.29, 1.82) is 0 Å². The highest BCUT2D eigenvalue weighted by Gasteiger charge is 2.08. The van der Waals surface area contributed by atoms with Gasteiger partial charge in [0.2, 0.25) is 5.91 Å². The van der Waals surface area contributed by atoms with Gasteiger partial charge in [-0.3, -0.25) is 9.48 Å². The number of amides is 1. The zero-order valence-corrected chi connectivity index (χ0v) is 9.42. The summed E-state index contributed by atoms with van der Waals surface area (Å²) in [6.45, 7) is 0. The van der Waals surface area contributed by atoms with Gasteiger partial charge in [0, 0.05) is 18.7 Å². The highest BCUT2D eigenvalue weighted by molar-refractivity contribution is 5.91. The van der Waals surface area contributed by atoms with Crippen molar-refractivity contribution in [3.63, 3.8) is 0 Å². The van der Waals surface area contributed by atoms with Crippen molar-refractivity contribution in [2.75, 3.05) is 5.32 Å². The number of anilines is 1. The number of nitrogens with zero attached hydrogens (tertiary/aromatic N) is 2. The highest BCUT2D eigenvalue weighted by atomic mass is 16.3. The van der Waals surface area contributed by atoms with E-state index in [1.54, 1.807) is 48.3 Å². The molecule has 0 spiro atoms. The molecule has 1 aromatic heterocycles. The van der Waals surface area contributed by atoms with Gasteiger partial charge in [-0.15, -0.1) is 0 Å². The highest BCUT2D eigenvalue weighted by Crippen LogP contribution is 2.16. The first-order chi connectivity index (χ1) is 8.16. The second-order valence-corrected chi connectivity index (χ2v) is 3.69. The standard InChI is InChI=1S/C12H13N3O2/c1-15-11(6-7-13-15)14-12(17)8-9-4-2-3-5-10(9)16/h2-7,16H,8H2,1H3,(H,14,17). The smallest absolute Gasteiger partial charge is 0.230 e. The van der Waals surface area contributed by atoms with Crippen LogP contribution in [0.4, 0.5) is 5.82 Å². The predicted molar refractivity (Wildman–Crippen MR) is 63.6 cm³/mol. The maximum atomic E-state index is 11.7. The third-order valence-corrected chi connectivity index (χ3v) is 2.43. The predicted octanol–water partition coefficient (Wildman–Crippen LogP) is 1.31. The molecular weight excluding hydrogens is 218 g/mol. The maximum Gasteiger partial charge on any atom is 0.230 e. The number of para-hydroxylation sites is 1. The van der Waals surface area contributed by atoms with Crippen molar-refractivity contribution in [2.24, 2.45) is 7.05 Å². The number of rotatable bonds is 3. The Bertz CT molecular complexity index is 534. The molecular formula is C12H13N3O2. The van der Waals surface area contributed by atoms with Crippen molar-refractivity contribution in [1.82, 2.24) is 9.78 Å². The lowest BCUT2D eigenvalue weighted by atomic mass is 10.1. The van der Waals surface area contributed by atoms with Crippen molar-refractivity contribution < 1.29 is 9.90 Å². The van der Waals surface area contributed by atoms with E-state index in [4.69, 9.17) is 0 Å². The van der Waals surface area contributed by atoms with Gasteiger partial charge in [-0.1, -0.05) is 18.2 Å². The third kappa shape index (κ3) is 2.63. The largest absolute Gasteiger partial charge is 0.508 e. The monoisotopic (exact) mass is 231 g/mol. The molecule has 0 aliphatic heterocycles. The molecule has 0 bridgehead atoms. The molecule has 17 heavy (non-hydrogen) atoms. The first-order valence-corrected chi connectivity index (χ1v) is 5.21. The average molecular weight is 231 g/mol. The first-order valence-electron chi connectivity index (χ1n) is 5.21. The summed E-state index contributed by atoms with van der Waals surface area (Å²) in [6.07, 6.45) is 1.74. The lowest BCUT2D eigenvalue weighted by Gasteiger charge is -2.06. The van der Waals surface area contributed by atoms with Crippen LogP contribution in [0.1, 0.15) is 5.56 Å². The number of carbonyl (C=O) groups excluding carboxylic acids is 1. The minimum atomic E-state index is -0.185. The molecule has 0 saturated heterocycles. The molecule has 1 aromatic carbocycles. The van der Waals surface area contributed by atoms with E-state index in [2.05, 4.69) is 10.4 Å². The fraction of sp³-hybridized carbons (Fsp3) is 0.167. The van der Waals surface area contributed by atoms with Crippen molar-refractivity contribution >= 4 is 11.7 Å². The number of carbonyl (C=O) groups is 1. The summed E-state index contributed by atoms with van der Waals surface area (Å²) >= 11 is 0. The van der Waals surface area contributed by atoms with Crippen LogP contribution in [0.25, 0.3) is 0 Å². The third-order valence-electron chi connectivity index (χ3n) is 2.43. The fourth-order valence-corrected chi connectivity index (χ4v) is 1.52. The number of nitrogens with one attached hydrogen (secondary N) is 1. The Hall–Kier alpha value is -2.30. The number of hydrogen-bond acceptors (Lipinski definition) is 3. The Kier molecular flexibility index (Phi) is 3.09. The van der Waals surface area contributed by atoms with Crippen LogP contribution in [0, 0.1) is 0 Å². The number of aromatic hydroxyl groups is 1. The Labute approximate surface area is 98.7 Å². The Morgan fingerprint density at radius 2 is 2.18 bits per heavy atom. The molecule has 0 aliphatic rings. The van der Waals surface area contributed by atoms with Crippen molar-refractivity contribution in [2.45, 2.75) is 6.42 Å². The maximum absolute atomic E-state index is 11.7. The Morgan fingerprint density at radius 3 is 2.82 bits per heavy atom. The van der Waals surface area contributed by atoms with Gasteiger partial charge in [-0.2, -0.15) is 5.10 Å². The van der Waals surface area contributed by atoms with Crippen LogP contribution in [0.3, 0.4) is 0 Å². The zero-order valence-electron chi connectivity index (χ0n) is 9.42. The molecule has 5 nitrogen and oxygen atoms in total. The first kappa shape index (κ1) is 11.2. The number of aryl methyl sites for hydroxylation is 1. The van der Waals surface area contributed by atoms with Crippen LogP contribution in [0.5, 0.6) is 5.75 Å². The van der Waals surface area contributed by atoms with E-state index in [0.29, 0.717) is 11.4 Å². The van der Waals surface area contributed by atoms with Gasteiger partial charge in [0.1, 0.15) is 11.6 Å². The summed E-state index contributed by atoms with van der Waals surface area (Å²) < 4.78 is 1.57. The molecule has 1 heterocycles. The molecule has 0 fully saturated rings. The van der Waals surface area contributed by atoms with Gasteiger partial charge in [0.15, 0.2) is 0 Å².